The minimum atomic E-state index is -0.670. The molecule has 8 nitrogen and oxygen atoms in total. The lowest BCUT2D eigenvalue weighted by atomic mass is 10.1. The summed E-state index contributed by atoms with van der Waals surface area (Å²) in [5, 5.41) is 13.8. The van der Waals surface area contributed by atoms with E-state index in [0.717, 1.165) is 0 Å². The maximum absolute atomic E-state index is 12.3. The Morgan fingerprint density at radius 3 is 2.61 bits per heavy atom. The summed E-state index contributed by atoms with van der Waals surface area (Å²) in [6.45, 7) is 0. The van der Waals surface area contributed by atoms with Gasteiger partial charge in [-0.1, -0.05) is 11.6 Å². The van der Waals surface area contributed by atoms with E-state index in [4.69, 9.17) is 11.6 Å². The van der Waals surface area contributed by atoms with Crippen molar-refractivity contribution in [2.45, 2.75) is 0 Å². The molecule has 0 aliphatic carbocycles. The predicted molar refractivity (Wildman–Crippen MR) is 85.0 cm³/mol. The van der Waals surface area contributed by atoms with Gasteiger partial charge in [-0.15, -0.1) is 0 Å². The second-order valence-electron chi connectivity index (χ2n) is 4.71. The van der Waals surface area contributed by atoms with E-state index in [-0.39, 0.29) is 22.0 Å². The van der Waals surface area contributed by atoms with Gasteiger partial charge in [0.05, 0.1) is 16.0 Å². The fourth-order valence-corrected chi connectivity index (χ4v) is 2.33. The van der Waals surface area contributed by atoms with Crippen molar-refractivity contribution in [2.75, 3.05) is 5.32 Å². The van der Waals surface area contributed by atoms with Crippen molar-refractivity contribution in [1.82, 2.24) is 9.97 Å². The number of rotatable bonds is 3. The summed E-state index contributed by atoms with van der Waals surface area (Å²) in [6.07, 6.45) is 0. The summed E-state index contributed by atoms with van der Waals surface area (Å²) in [7, 11) is 0. The molecule has 23 heavy (non-hydrogen) atoms. The molecule has 3 aromatic rings. The first kappa shape index (κ1) is 14.8. The molecule has 2 aromatic carbocycles. The first-order valence-electron chi connectivity index (χ1n) is 6.41. The number of fused-ring (bicyclic) bond motifs is 1. The van der Waals surface area contributed by atoms with Gasteiger partial charge in [0.15, 0.2) is 0 Å². The second kappa shape index (κ2) is 5.58. The number of halogens is 1. The van der Waals surface area contributed by atoms with E-state index in [1.807, 2.05) is 0 Å². The molecule has 1 aromatic heterocycles. The van der Waals surface area contributed by atoms with Crippen LogP contribution in [0.1, 0.15) is 10.4 Å². The third-order valence-electron chi connectivity index (χ3n) is 3.17. The van der Waals surface area contributed by atoms with E-state index >= 15 is 0 Å². The molecule has 0 aliphatic rings. The quantitative estimate of drug-likeness (QED) is 0.504. The van der Waals surface area contributed by atoms with Gasteiger partial charge in [-0.3, -0.25) is 14.9 Å². The van der Waals surface area contributed by atoms with Crippen LogP contribution < -0.4 is 11.0 Å². The van der Waals surface area contributed by atoms with Crippen molar-refractivity contribution in [3.05, 3.63) is 67.6 Å². The average molecular weight is 333 g/mol. The van der Waals surface area contributed by atoms with E-state index < -0.39 is 10.8 Å². The molecule has 3 rings (SSSR count). The van der Waals surface area contributed by atoms with Crippen molar-refractivity contribution in [2.24, 2.45) is 0 Å². The number of carbonyl (C=O) groups excluding carboxylic acids is 1. The molecule has 0 bridgehead atoms. The lowest BCUT2D eigenvalue weighted by Crippen LogP contribution is -2.14. The predicted octanol–water partition coefficient (Wildman–Crippen LogP) is 2.67. The Hall–Kier alpha value is -3.13. The minimum absolute atomic E-state index is 0.148. The SMILES string of the molecule is O=C(Nc1ccc2[nH]c(=O)[nH]c2c1)c1cc(Cl)ccc1[N+](=O)[O-]. The number of imidazole rings is 1. The Bertz CT molecular complexity index is 992. The van der Waals surface area contributed by atoms with Crippen LogP contribution in [0.25, 0.3) is 11.0 Å². The number of anilines is 1. The van der Waals surface area contributed by atoms with Gasteiger partial charge in [0.25, 0.3) is 11.6 Å². The van der Waals surface area contributed by atoms with Crippen LogP contribution in [0, 0.1) is 10.1 Å². The molecular weight excluding hydrogens is 324 g/mol. The number of nitro benzene ring substituents is 1. The van der Waals surface area contributed by atoms with Crippen molar-refractivity contribution in [3.63, 3.8) is 0 Å². The summed E-state index contributed by atoms with van der Waals surface area (Å²) in [6, 6.07) is 8.46. The van der Waals surface area contributed by atoms with Gasteiger partial charge in [0.2, 0.25) is 0 Å². The summed E-state index contributed by atoms with van der Waals surface area (Å²) >= 11 is 5.80. The fraction of sp³-hybridized carbons (Fsp3) is 0. The highest BCUT2D eigenvalue weighted by Crippen LogP contribution is 2.24. The highest BCUT2D eigenvalue weighted by atomic mass is 35.5. The van der Waals surface area contributed by atoms with Gasteiger partial charge in [-0.2, -0.15) is 0 Å². The van der Waals surface area contributed by atoms with Crippen molar-refractivity contribution >= 4 is 39.9 Å². The van der Waals surface area contributed by atoms with Crippen LogP contribution in [-0.4, -0.2) is 20.8 Å². The lowest BCUT2D eigenvalue weighted by molar-refractivity contribution is -0.385. The topological polar surface area (TPSA) is 121 Å². The molecule has 116 valence electrons. The summed E-state index contributed by atoms with van der Waals surface area (Å²) in [5.41, 5.74) is 0.615. The molecule has 0 spiro atoms. The number of benzene rings is 2. The Labute approximate surface area is 133 Å². The number of amides is 1. The van der Waals surface area contributed by atoms with Crippen molar-refractivity contribution in [1.29, 1.82) is 0 Å². The number of nitrogens with zero attached hydrogens (tertiary/aromatic N) is 1. The van der Waals surface area contributed by atoms with Gasteiger partial charge < -0.3 is 15.3 Å². The molecule has 0 unspecified atom stereocenters. The van der Waals surface area contributed by atoms with E-state index in [0.29, 0.717) is 16.7 Å². The van der Waals surface area contributed by atoms with Crippen LogP contribution in [0.4, 0.5) is 11.4 Å². The molecule has 0 aliphatic heterocycles. The second-order valence-corrected chi connectivity index (χ2v) is 5.15. The van der Waals surface area contributed by atoms with E-state index in [9.17, 15) is 19.7 Å². The lowest BCUT2D eigenvalue weighted by Gasteiger charge is -2.06. The zero-order chi connectivity index (χ0) is 16.6. The molecule has 0 fully saturated rings. The number of nitro groups is 1. The van der Waals surface area contributed by atoms with Gasteiger partial charge in [-0.05, 0) is 30.3 Å². The minimum Gasteiger partial charge on any atom is -0.322 e. The molecule has 0 saturated heterocycles. The van der Waals surface area contributed by atoms with Crippen LogP contribution in [-0.2, 0) is 0 Å². The van der Waals surface area contributed by atoms with Gasteiger partial charge in [0.1, 0.15) is 5.56 Å². The Morgan fingerprint density at radius 1 is 1.13 bits per heavy atom. The molecule has 1 amide bonds. The number of aromatic nitrogens is 2. The maximum atomic E-state index is 12.3. The Kier molecular flexibility index (Phi) is 3.59. The maximum Gasteiger partial charge on any atom is 0.323 e. The Morgan fingerprint density at radius 2 is 1.87 bits per heavy atom. The summed E-state index contributed by atoms with van der Waals surface area (Å²) in [4.78, 5) is 39.0. The van der Waals surface area contributed by atoms with Crippen molar-refractivity contribution < 1.29 is 9.72 Å². The molecular formula is C14H9ClN4O4. The van der Waals surface area contributed by atoms with Crippen LogP contribution >= 0.6 is 11.6 Å². The number of carbonyl (C=O) groups is 1. The van der Waals surface area contributed by atoms with Gasteiger partial charge >= 0.3 is 5.69 Å². The summed E-state index contributed by atoms with van der Waals surface area (Å²) < 4.78 is 0. The van der Waals surface area contributed by atoms with Crippen LogP contribution in [0.15, 0.2) is 41.2 Å². The first-order valence-corrected chi connectivity index (χ1v) is 6.79. The number of hydrogen-bond acceptors (Lipinski definition) is 4. The van der Waals surface area contributed by atoms with Crippen molar-refractivity contribution in [3.8, 4) is 0 Å². The average Bonchev–Trinajstić information content (AvgIpc) is 2.86. The van der Waals surface area contributed by atoms with E-state index in [2.05, 4.69) is 15.3 Å². The number of nitrogens with one attached hydrogen (secondary N) is 3. The molecule has 0 radical (unpaired) electrons. The third kappa shape index (κ3) is 2.92. The highest BCUT2D eigenvalue weighted by molar-refractivity contribution is 6.31. The van der Waals surface area contributed by atoms with E-state index in [1.54, 1.807) is 18.2 Å². The smallest absolute Gasteiger partial charge is 0.322 e. The molecule has 9 heteroatoms. The molecule has 1 heterocycles. The number of H-pyrrole nitrogens is 2. The normalized spacial score (nSPS) is 10.7. The summed E-state index contributed by atoms with van der Waals surface area (Å²) in [5.74, 6) is -0.670. The molecule has 3 N–H and O–H groups in total. The van der Waals surface area contributed by atoms with E-state index in [1.165, 1.54) is 18.2 Å². The Balaban J connectivity index is 1.95. The molecule has 0 saturated carbocycles. The first-order chi connectivity index (χ1) is 10.9. The highest BCUT2D eigenvalue weighted by Gasteiger charge is 2.20. The van der Waals surface area contributed by atoms with Crippen LogP contribution in [0.5, 0.6) is 0 Å². The van der Waals surface area contributed by atoms with Gasteiger partial charge in [0, 0.05) is 16.8 Å². The zero-order valence-corrected chi connectivity index (χ0v) is 12.2. The number of hydrogen-bond donors (Lipinski definition) is 3. The van der Waals surface area contributed by atoms with Gasteiger partial charge in [-0.25, -0.2) is 4.79 Å². The van der Waals surface area contributed by atoms with Crippen LogP contribution in [0.2, 0.25) is 5.02 Å². The standard InChI is InChI=1S/C14H9ClN4O4/c15-7-1-4-12(19(22)23)9(5-7)13(20)16-8-2-3-10-11(6-8)18-14(21)17-10/h1-6H,(H,16,20)(H2,17,18,21). The zero-order valence-electron chi connectivity index (χ0n) is 11.4. The number of aromatic amines is 2. The molecule has 0 atom stereocenters. The fourth-order valence-electron chi connectivity index (χ4n) is 2.16. The largest absolute Gasteiger partial charge is 0.323 e. The van der Waals surface area contributed by atoms with Crippen LogP contribution in [0.3, 0.4) is 0 Å². The monoisotopic (exact) mass is 332 g/mol. The third-order valence-corrected chi connectivity index (χ3v) is 3.41.